The van der Waals surface area contributed by atoms with Crippen molar-refractivity contribution < 1.29 is 24.2 Å². The second kappa shape index (κ2) is 10.7. The number of aliphatic hydroxyl groups excluding tert-OH is 1. The van der Waals surface area contributed by atoms with Crippen LogP contribution in [0.1, 0.15) is 31.0 Å². The lowest BCUT2D eigenvalue weighted by atomic mass is 9.94. The third-order valence-electron chi connectivity index (χ3n) is 7.24. The zero-order valence-corrected chi connectivity index (χ0v) is 22.7. The van der Waals surface area contributed by atoms with Crippen LogP contribution in [-0.2, 0) is 9.59 Å². The average molecular weight is 528 g/mol. The zero-order chi connectivity index (χ0) is 27.7. The summed E-state index contributed by atoms with van der Waals surface area (Å²) in [5.74, 6) is -0.626. The van der Waals surface area contributed by atoms with Gasteiger partial charge in [0.05, 0.1) is 11.6 Å². The van der Waals surface area contributed by atoms with Crippen LogP contribution in [0.15, 0.2) is 72.3 Å². The molecular formula is C31H33N3O5. The molecule has 2 aliphatic heterocycles. The van der Waals surface area contributed by atoms with Crippen molar-refractivity contribution in [3.05, 3.63) is 83.4 Å². The fourth-order valence-corrected chi connectivity index (χ4v) is 5.13. The molecule has 8 heteroatoms. The lowest BCUT2D eigenvalue weighted by molar-refractivity contribution is -0.132. The molecule has 0 aromatic heterocycles. The van der Waals surface area contributed by atoms with E-state index in [1.54, 1.807) is 18.2 Å². The molecule has 1 saturated heterocycles. The van der Waals surface area contributed by atoms with E-state index >= 15 is 0 Å². The van der Waals surface area contributed by atoms with Gasteiger partial charge in [0.2, 0.25) is 0 Å². The number of ketones is 1. The second-order valence-corrected chi connectivity index (χ2v) is 9.70. The van der Waals surface area contributed by atoms with Crippen LogP contribution in [0.5, 0.6) is 11.5 Å². The third-order valence-corrected chi connectivity index (χ3v) is 7.24. The van der Waals surface area contributed by atoms with E-state index < -0.39 is 17.7 Å². The van der Waals surface area contributed by atoms with Gasteiger partial charge in [0.15, 0.2) is 11.5 Å². The molecule has 1 unspecified atom stereocenters. The lowest BCUT2D eigenvalue weighted by Crippen LogP contribution is -2.29. The summed E-state index contributed by atoms with van der Waals surface area (Å²) in [7, 11) is 3.87. The highest BCUT2D eigenvalue weighted by Gasteiger charge is 2.47. The number of rotatable bonds is 7. The number of carbonyl (C=O) groups is 2. The Bertz CT molecular complexity index is 1410. The highest BCUT2D eigenvalue weighted by molar-refractivity contribution is 6.51. The van der Waals surface area contributed by atoms with Crippen LogP contribution in [0.4, 0.5) is 17.1 Å². The van der Waals surface area contributed by atoms with Gasteiger partial charge in [0, 0.05) is 49.8 Å². The summed E-state index contributed by atoms with van der Waals surface area (Å²) in [6.45, 7) is 6.74. The first-order valence-electron chi connectivity index (χ1n) is 13.2. The van der Waals surface area contributed by atoms with Gasteiger partial charge in [-0.2, -0.15) is 0 Å². The van der Waals surface area contributed by atoms with Crippen molar-refractivity contribution >= 4 is 34.5 Å². The fourth-order valence-electron chi connectivity index (χ4n) is 5.13. The maximum Gasteiger partial charge on any atom is 0.300 e. The Balaban J connectivity index is 1.64. The smallest absolute Gasteiger partial charge is 0.300 e. The molecule has 1 atom stereocenters. The van der Waals surface area contributed by atoms with Crippen LogP contribution in [0.25, 0.3) is 5.76 Å². The standard InChI is InChI=1S/C31H33N3O5/c1-5-33(6-2)23-10-7-20(8-11-23)28-27(29(35)21-9-16-25-26(19-21)39-18-17-38-25)30(36)31(37)34(28)24-14-12-22(13-15-24)32(3)4/h7-16,19,28,35H,5-6,17-18H2,1-4H3/b29-27-. The maximum atomic E-state index is 13.5. The summed E-state index contributed by atoms with van der Waals surface area (Å²) < 4.78 is 11.3. The summed E-state index contributed by atoms with van der Waals surface area (Å²) in [6, 6.07) is 19.5. The van der Waals surface area contributed by atoms with E-state index in [-0.39, 0.29) is 11.3 Å². The van der Waals surface area contributed by atoms with Crippen molar-refractivity contribution in [1.29, 1.82) is 0 Å². The van der Waals surface area contributed by atoms with Gasteiger partial charge in [0.25, 0.3) is 11.7 Å². The van der Waals surface area contributed by atoms with Gasteiger partial charge in [-0.05, 0) is 74.0 Å². The molecule has 0 aliphatic carbocycles. The number of nitrogens with zero attached hydrogens (tertiary/aromatic N) is 3. The molecule has 1 N–H and O–H groups in total. The topological polar surface area (TPSA) is 82.5 Å². The quantitative estimate of drug-likeness (QED) is 0.263. The molecule has 202 valence electrons. The molecule has 3 aromatic carbocycles. The van der Waals surface area contributed by atoms with Crippen LogP contribution >= 0.6 is 0 Å². The molecule has 0 radical (unpaired) electrons. The van der Waals surface area contributed by atoms with Gasteiger partial charge in [-0.15, -0.1) is 0 Å². The van der Waals surface area contributed by atoms with E-state index in [2.05, 4.69) is 18.7 Å². The van der Waals surface area contributed by atoms with Crippen molar-refractivity contribution in [2.75, 3.05) is 55.1 Å². The fraction of sp³-hybridized carbons (Fsp3) is 0.290. The minimum Gasteiger partial charge on any atom is -0.507 e. The van der Waals surface area contributed by atoms with Gasteiger partial charge >= 0.3 is 0 Å². The maximum absolute atomic E-state index is 13.5. The summed E-state index contributed by atoms with van der Waals surface area (Å²) in [4.78, 5) is 32.7. The summed E-state index contributed by atoms with van der Waals surface area (Å²) in [5, 5.41) is 11.5. The van der Waals surface area contributed by atoms with Gasteiger partial charge in [-0.1, -0.05) is 12.1 Å². The van der Waals surface area contributed by atoms with Crippen LogP contribution in [0.3, 0.4) is 0 Å². The molecular weight excluding hydrogens is 494 g/mol. The Morgan fingerprint density at radius 3 is 2.10 bits per heavy atom. The van der Waals surface area contributed by atoms with E-state index in [4.69, 9.17) is 9.47 Å². The molecule has 5 rings (SSSR count). The van der Waals surface area contributed by atoms with Gasteiger partial charge in [-0.25, -0.2) is 0 Å². The first-order chi connectivity index (χ1) is 18.8. The number of benzene rings is 3. The minimum atomic E-state index is -0.811. The van der Waals surface area contributed by atoms with E-state index in [0.29, 0.717) is 36.0 Å². The number of fused-ring (bicyclic) bond motifs is 1. The zero-order valence-electron chi connectivity index (χ0n) is 22.7. The number of carbonyl (C=O) groups excluding carboxylic acids is 2. The van der Waals surface area contributed by atoms with Gasteiger partial charge in [0.1, 0.15) is 19.0 Å². The number of anilines is 3. The molecule has 3 aromatic rings. The van der Waals surface area contributed by atoms with Gasteiger partial charge < -0.3 is 24.4 Å². The van der Waals surface area contributed by atoms with Crippen molar-refractivity contribution in [1.82, 2.24) is 0 Å². The highest BCUT2D eigenvalue weighted by Crippen LogP contribution is 2.43. The molecule has 39 heavy (non-hydrogen) atoms. The molecule has 0 saturated carbocycles. The summed E-state index contributed by atoms with van der Waals surface area (Å²) in [5.41, 5.74) is 3.71. The molecule has 8 nitrogen and oxygen atoms in total. The second-order valence-electron chi connectivity index (χ2n) is 9.70. The van der Waals surface area contributed by atoms with E-state index in [0.717, 1.165) is 30.0 Å². The average Bonchev–Trinajstić information content (AvgIpc) is 3.23. The minimum absolute atomic E-state index is 0.0314. The van der Waals surface area contributed by atoms with Crippen molar-refractivity contribution in [2.45, 2.75) is 19.9 Å². The predicted octanol–water partition coefficient (Wildman–Crippen LogP) is 5.00. The van der Waals surface area contributed by atoms with E-state index in [9.17, 15) is 14.7 Å². The molecule has 1 fully saturated rings. The Morgan fingerprint density at radius 2 is 1.49 bits per heavy atom. The monoisotopic (exact) mass is 527 g/mol. The largest absolute Gasteiger partial charge is 0.507 e. The SMILES string of the molecule is CCN(CC)c1ccc(C2/C(=C(/O)c3ccc4c(c3)OCCO4)C(=O)C(=O)N2c2ccc(N(C)C)cc2)cc1. The third kappa shape index (κ3) is 4.78. The normalized spacial score (nSPS) is 17.8. The molecule has 0 spiro atoms. The highest BCUT2D eigenvalue weighted by atomic mass is 16.6. The van der Waals surface area contributed by atoms with Crippen LogP contribution in [0.2, 0.25) is 0 Å². The number of aliphatic hydroxyl groups is 1. The number of amides is 1. The number of hydrogen-bond donors (Lipinski definition) is 1. The van der Waals surface area contributed by atoms with Crippen molar-refractivity contribution in [2.24, 2.45) is 0 Å². The predicted molar refractivity (Wildman–Crippen MR) is 153 cm³/mol. The van der Waals surface area contributed by atoms with E-state index in [1.807, 2.05) is 67.5 Å². The first kappa shape index (κ1) is 26.2. The first-order valence-corrected chi connectivity index (χ1v) is 13.2. The number of hydrogen-bond acceptors (Lipinski definition) is 7. The number of Topliss-reactive ketones (excluding diaryl/α,β-unsaturated/α-hetero) is 1. The molecule has 2 heterocycles. The molecule has 1 amide bonds. The molecule has 2 aliphatic rings. The Hall–Kier alpha value is -4.46. The Labute approximate surface area is 228 Å². The van der Waals surface area contributed by atoms with Crippen molar-refractivity contribution in [3.63, 3.8) is 0 Å². The van der Waals surface area contributed by atoms with Crippen molar-refractivity contribution in [3.8, 4) is 11.5 Å². The Kier molecular flexibility index (Phi) is 7.19. The van der Waals surface area contributed by atoms with Crippen LogP contribution < -0.4 is 24.2 Å². The van der Waals surface area contributed by atoms with Crippen LogP contribution in [0, 0.1) is 0 Å². The van der Waals surface area contributed by atoms with Crippen LogP contribution in [-0.4, -0.2) is 57.2 Å². The number of ether oxygens (including phenoxy) is 2. The Morgan fingerprint density at radius 1 is 0.872 bits per heavy atom. The lowest BCUT2D eigenvalue weighted by Gasteiger charge is -2.27. The summed E-state index contributed by atoms with van der Waals surface area (Å²) >= 11 is 0. The molecule has 0 bridgehead atoms. The van der Waals surface area contributed by atoms with E-state index in [1.165, 1.54) is 4.90 Å². The van der Waals surface area contributed by atoms with Gasteiger partial charge in [-0.3, -0.25) is 14.5 Å². The summed E-state index contributed by atoms with van der Waals surface area (Å²) in [6.07, 6.45) is 0.